The maximum Gasteiger partial charge on any atom is 0.0528 e. The fraction of sp³-hybridized carbons (Fsp3) is 0.0769. The van der Waals surface area contributed by atoms with Crippen molar-refractivity contribution < 1.29 is 0 Å². The third-order valence-corrected chi connectivity index (χ3v) is 2.95. The molecule has 0 fully saturated rings. The van der Waals surface area contributed by atoms with E-state index < -0.39 is 0 Å². The molecular weight excluding hydrogens is 264 g/mol. The van der Waals surface area contributed by atoms with E-state index in [1.165, 1.54) is 5.56 Å². The van der Waals surface area contributed by atoms with Crippen molar-refractivity contribution in [1.29, 1.82) is 0 Å². The van der Waals surface area contributed by atoms with Crippen molar-refractivity contribution in [2.24, 2.45) is 0 Å². The zero-order chi connectivity index (χ0) is 11.5. The highest BCUT2D eigenvalue weighted by molar-refractivity contribution is 9.10. The summed E-state index contributed by atoms with van der Waals surface area (Å²) in [5.74, 6) is 0. The van der Waals surface area contributed by atoms with Gasteiger partial charge < -0.3 is 11.1 Å². The van der Waals surface area contributed by atoms with Crippen LogP contribution in [0.5, 0.6) is 0 Å². The van der Waals surface area contributed by atoms with E-state index in [4.69, 9.17) is 5.73 Å². The van der Waals surface area contributed by atoms with Gasteiger partial charge in [0.15, 0.2) is 0 Å². The van der Waals surface area contributed by atoms with E-state index in [0.717, 1.165) is 21.5 Å². The Labute approximate surface area is 104 Å². The van der Waals surface area contributed by atoms with E-state index in [-0.39, 0.29) is 0 Å². The topological polar surface area (TPSA) is 38.0 Å². The van der Waals surface area contributed by atoms with Crippen LogP contribution in [0.25, 0.3) is 0 Å². The molecule has 0 aliphatic heterocycles. The molecule has 0 heterocycles. The van der Waals surface area contributed by atoms with Gasteiger partial charge in [-0.1, -0.05) is 12.1 Å². The number of nitrogens with one attached hydrogen (secondary N) is 1. The van der Waals surface area contributed by atoms with Crippen LogP contribution in [0.3, 0.4) is 0 Å². The lowest BCUT2D eigenvalue weighted by Gasteiger charge is -2.09. The van der Waals surface area contributed by atoms with Gasteiger partial charge >= 0.3 is 0 Å². The number of nitrogen functional groups attached to an aromatic ring is 1. The van der Waals surface area contributed by atoms with Crippen molar-refractivity contribution in [2.75, 3.05) is 11.1 Å². The van der Waals surface area contributed by atoms with Crippen molar-refractivity contribution in [3.8, 4) is 0 Å². The Hall–Kier alpha value is -1.48. The average molecular weight is 277 g/mol. The lowest BCUT2D eigenvalue weighted by molar-refractivity contribution is 1.43. The second-order valence-corrected chi connectivity index (χ2v) is 4.59. The molecule has 2 nitrogen and oxygen atoms in total. The lowest BCUT2D eigenvalue weighted by Crippen LogP contribution is -1.93. The summed E-state index contributed by atoms with van der Waals surface area (Å²) in [6.45, 7) is 2.06. The Bertz CT molecular complexity index is 509. The summed E-state index contributed by atoms with van der Waals surface area (Å²) in [6.07, 6.45) is 0. The molecule has 3 heteroatoms. The predicted octanol–water partition coefficient (Wildman–Crippen LogP) is 4.08. The summed E-state index contributed by atoms with van der Waals surface area (Å²) in [6, 6.07) is 13.9. The lowest BCUT2D eigenvalue weighted by atomic mass is 10.2. The molecular formula is C13H13BrN2. The number of halogens is 1. The Morgan fingerprint density at radius 2 is 1.94 bits per heavy atom. The van der Waals surface area contributed by atoms with E-state index in [2.05, 4.69) is 40.3 Å². The van der Waals surface area contributed by atoms with Crippen LogP contribution in [0, 0.1) is 6.92 Å². The second kappa shape index (κ2) is 4.58. The highest BCUT2D eigenvalue weighted by Crippen LogP contribution is 2.27. The molecule has 0 aliphatic rings. The Balaban J connectivity index is 2.27. The van der Waals surface area contributed by atoms with Crippen molar-refractivity contribution in [2.45, 2.75) is 6.92 Å². The van der Waals surface area contributed by atoms with Crippen LogP contribution in [0.15, 0.2) is 46.9 Å². The molecule has 0 saturated carbocycles. The van der Waals surface area contributed by atoms with Crippen molar-refractivity contribution in [1.82, 2.24) is 0 Å². The van der Waals surface area contributed by atoms with Gasteiger partial charge in [0.05, 0.1) is 5.69 Å². The fourth-order valence-corrected chi connectivity index (χ4v) is 2.09. The molecule has 16 heavy (non-hydrogen) atoms. The number of rotatable bonds is 2. The Morgan fingerprint density at radius 1 is 1.12 bits per heavy atom. The molecule has 82 valence electrons. The number of hydrogen-bond acceptors (Lipinski definition) is 2. The summed E-state index contributed by atoms with van der Waals surface area (Å²) >= 11 is 3.53. The number of anilines is 3. The van der Waals surface area contributed by atoms with Crippen LogP contribution in [0.4, 0.5) is 17.1 Å². The van der Waals surface area contributed by atoms with Crippen LogP contribution in [0.2, 0.25) is 0 Å². The molecule has 0 amide bonds. The van der Waals surface area contributed by atoms with Crippen molar-refractivity contribution in [3.05, 3.63) is 52.5 Å². The normalized spacial score (nSPS) is 10.1. The fourth-order valence-electron chi connectivity index (χ4n) is 1.49. The van der Waals surface area contributed by atoms with Crippen molar-refractivity contribution >= 4 is 33.0 Å². The van der Waals surface area contributed by atoms with Crippen LogP contribution in [0.1, 0.15) is 5.56 Å². The summed E-state index contributed by atoms with van der Waals surface area (Å²) in [5.41, 5.74) is 9.74. The monoisotopic (exact) mass is 276 g/mol. The molecule has 3 N–H and O–H groups in total. The summed E-state index contributed by atoms with van der Waals surface area (Å²) in [5, 5.41) is 3.31. The molecule has 0 radical (unpaired) electrons. The predicted molar refractivity (Wildman–Crippen MR) is 73.0 cm³/mol. The van der Waals surface area contributed by atoms with E-state index in [1.54, 1.807) is 0 Å². The average Bonchev–Trinajstić information content (AvgIpc) is 2.22. The van der Waals surface area contributed by atoms with Gasteiger partial charge in [0.25, 0.3) is 0 Å². The number of hydrogen-bond donors (Lipinski definition) is 2. The summed E-state index contributed by atoms with van der Waals surface area (Å²) in [4.78, 5) is 0. The van der Waals surface area contributed by atoms with Gasteiger partial charge in [-0.3, -0.25) is 0 Å². The first-order chi connectivity index (χ1) is 7.65. The van der Waals surface area contributed by atoms with E-state index >= 15 is 0 Å². The molecule has 0 spiro atoms. The minimum atomic E-state index is 0.758. The minimum Gasteiger partial charge on any atom is -0.399 e. The maximum atomic E-state index is 5.72. The van der Waals surface area contributed by atoms with E-state index in [0.29, 0.717) is 0 Å². The van der Waals surface area contributed by atoms with Gasteiger partial charge in [-0.15, -0.1) is 0 Å². The summed E-state index contributed by atoms with van der Waals surface area (Å²) in [7, 11) is 0. The van der Waals surface area contributed by atoms with Gasteiger partial charge in [0.1, 0.15) is 0 Å². The zero-order valence-corrected chi connectivity index (χ0v) is 10.6. The van der Waals surface area contributed by atoms with Gasteiger partial charge in [-0.25, -0.2) is 0 Å². The molecule has 0 unspecified atom stereocenters. The molecule has 2 aromatic rings. The summed E-state index contributed by atoms with van der Waals surface area (Å²) < 4.78 is 1.05. The largest absolute Gasteiger partial charge is 0.399 e. The third-order valence-electron chi connectivity index (χ3n) is 2.29. The smallest absolute Gasteiger partial charge is 0.0528 e. The van der Waals surface area contributed by atoms with Gasteiger partial charge in [0.2, 0.25) is 0 Å². The molecule has 0 saturated heterocycles. The first-order valence-electron chi connectivity index (χ1n) is 5.04. The Morgan fingerprint density at radius 3 is 2.62 bits per heavy atom. The number of nitrogens with two attached hydrogens (primary N) is 1. The quantitative estimate of drug-likeness (QED) is 0.811. The first kappa shape index (κ1) is 11.0. The van der Waals surface area contributed by atoms with Crippen LogP contribution in [-0.2, 0) is 0 Å². The highest BCUT2D eigenvalue weighted by Gasteiger charge is 2.00. The van der Waals surface area contributed by atoms with Gasteiger partial charge in [0, 0.05) is 15.8 Å². The van der Waals surface area contributed by atoms with Gasteiger partial charge in [-0.05, 0) is 58.7 Å². The number of benzene rings is 2. The minimum absolute atomic E-state index is 0.758. The maximum absolute atomic E-state index is 5.72. The highest BCUT2D eigenvalue weighted by atomic mass is 79.9. The second-order valence-electron chi connectivity index (χ2n) is 3.73. The molecule has 0 aromatic heterocycles. The molecule has 0 atom stereocenters. The van der Waals surface area contributed by atoms with Crippen molar-refractivity contribution in [3.63, 3.8) is 0 Å². The standard InChI is InChI=1S/C13H13BrN2/c1-9-5-6-13(12(14)7-9)16-11-4-2-3-10(15)8-11/h2-8,16H,15H2,1H3. The molecule has 2 rings (SSSR count). The third kappa shape index (κ3) is 2.55. The molecule has 0 bridgehead atoms. The number of aryl methyl sites for hydroxylation is 1. The Kier molecular flexibility index (Phi) is 3.15. The van der Waals surface area contributed by atoms with Crippen LogP contribution < -0.4 is 11.1 Å². The van der Waals surface area contributed by atoms with Crippen LogP contribution in [-0.4, -0.2) is 0 Å². The van der Waals surface area contributed by atoms with Crippen LogP contribution >= 0.6 is 15.9 Å². The van der Waals surface area contributed by atoms with E-state index in [1.807, 2.05) is 30.3 Å². The SMILES string of the molecule is Cc1ccc(Nc2cccc(N)c2)c(Br)c1. The molecule has 0 aliphatic carbocycles. The van der Waals surface area contributed by atoms with Gasteiger partial charge in [-0.2, -0.15) is 0 Å². The first-order valence-corrected chi connectivity index (χ1v) is 5.83. The zero-order valence-electron chi connectivity index (χ0n) is 9.00. The van der Waals surface area contributed by atoms with E-state index in [9.17, 15) is 0 Å². The molecule has 2 aromatic carbocycles.